The van der Waals surface area contributed by atoms with Crippen molar-refractivity contribution in [3.05, 3.63) is 46.5 Å². The van der Waals surface area contributed by atoms with Gasteiger partial charge in [-0.2, -0.15) is 16.3 Å². The fourth-order valence-corrected chi connectivity index (χ4v) is 3.08. The number of esters is 1. The Labute approximate surface area is 157 Å². The Kier molecular flexibility index (Phi) is 4.84. The van der Waals surface area contributed by atoms with Crippen molar-refractivity contribution < 1.29 is 28.3 Å². The zero-order valence-electron chi connectivity index (χ0n) is 14.0. The first-order valence-corrected chi connectivity index (χ1v) is 9.07. The average molecular weight is 386 g/mol. The van der Waals surface area contributed by atoms with Gasteiger partial charge in [-0.25, -0.2) is 0 Å². The van der Waals surface area contributed by atoms with E-state index in [0.717, 1.165) is 5.56 Å². The second-order valence-corrected chi connectivity index (χ2v) is 6.46. The monoisotopic (exact) mass is 386 g/mol. The summed E-state index contributed by atoms with van der Waals surface area (Å²) in [6, 6.07) is 6.71. The van der Waals surface area contributed by atoms with Crippen LogP contribution in [0.2, 0.25) is 0 Å². The standard InChI is InChI=1S/C18H14N2O6S/c21-13(11-1-2-14-15(7-11)25-10-24-14)8-23-17(22)4-3-16-19-18(20-26-16)12-5-6-27-9-12/h1-2,5-7,9H,3-4,8,10H2. The summed E-state index contributed by atoms with van der Waals surface area (Å²) in [6.45, 7) is -0.214. The first-order chi connectivity index (χ1) is 13.2. The summed E-state index contributed by atoms with van der Waals surface area (Å²) in [5, 5.41) is 7.70. The van der Waals surface area contributed by atoms with Gasteiger partial charge in [0.1, 0.15) is 0 Å². The number of aromatic nitrogens is 2. The number of nitrogens with zero attached hydrogens (tertiary/aromatic N) is 2. The number of thiophene rings is 1. The molecule has 2 aromatic heterocycles. The minimum absolute atomic E-state index is 0.0414. The highest BCUT2D eigenvalue weighted by molar-refractivity contribution is 7.08. The van der Waals surface area contributed by atoms with Crippen LogP contribution >= 0.6 is 11.3 Å². The molecule has 27 heavy (non-hydrogen) atoms. The number of fused-ring (bicyclic) bond motifs is 1. The predicted octanol–water partition coefficient (Wildman–Crippen LogP) is 2.89. The molecule has 4 rings (SSSR count). The van der Waals surface area contributed by atoms with E-state index in [-0.39, 0.29) is 32.0 Å². The first-order valence-electron chi connectivity index (χ1n) is 8.12. The number of ether oxygens (including phenoxy) is 3. The molecular weight excluding hydrogens is 372 g/mol. The van der Waals surface area contributed by atoms with Gasteiger partial charge in [0, 0.05) is 22.9 Å². The highest BCUT2D eigenvalue weighted by Gasteiger charge is 2.18. The van der Waals surface area contributed by atoms with Crippen LogP contribution in [-0.4, -0.2) is 35.3 Å². The zero-order valence-corrected chi connectivity index (χ0v) is 14.9. The van der Waals surface area contributed by atoms with Crippen LogP contribution in [0.3, 0.4) is 0 Å². The topological polar surface area (TPSA) is 101 Å². The molecule has 1 aliphatic rings. The van der Waals surface area contributed by atoms with Crippen molar-refractivity contribution in [3.63, 3.8) is 0 Å². The van der Waals surface area contributed by atoms with Gasteiger partial charge in [-0.15, -0.1) is 0 Å². The summed E-state index contributed by atoms with van der Waals surface area (Å²) >= 11 is 1.53. The molecule has 0 radical (unpaired) electrons. The Morgan fingerprint density at radius 1 is 1.19 bits per heavy atom. The third kappa shape index (κ3) is 3.98. The third-order valence-electron chi connectivity index (χ3n) is 3.85. The molecule has 0 spiro atoms. The van der Waals surface area contributed by atoms with Gasteiger partial charge < -0.3 is 18.7 Å². The number of aryl methyl sites for hydroxylation is 1. The van der Waals surface area contributed by atoms with Crippen LogP contribution in [0.4, 0.5) is 0 Å². The number of ketones is 1. The lowest BCUT2D eigenvalue weighted by Crippen LogP contribution is -2.14. The molecule has 0 fully saturated rings. The molecule has 0 unspecified atom stereocenters. The fraction of sp³-hybridized carbons (Fsp3) is 0.222. The molecule has 0 saturated carbocycles. The second-order valence-electron chi connectivity index (χ2n) is 5.68. The van der Waals surface area contributed by atoms with E-state index in [4.69, 9.17) is 18.7 Å². The minimum Gasteiger partial charge on any atom is -0.457 e. The smallest absolute Gasteiger partial charge is 0.306 e. The van der Waals surface area contributed by atoms with Crippen molar-refractivity contribution in [1.82, 2.24) is 10.1 Å². The maximum Gasteiger partial charge on any atom is 0.306 e. The van der Waals surface area contributed by atoms with Gasteiger partial charge in [-0.05, 0) is 29.6 Å². The summed E-state index contributed by atoms with van der Waals surface area (Å²) in [5.41, 5.74) is 1.26. The van der Waals surface area contributed by atoms with Crippen LogP contribution in [0.15, 0.2) is 39.5 Å². The first kappa shape index (κ1) is 17.2. The number of carbonyl (C=O) groups is 2. The number of rotatable bonds is 7. The Bertz CT molecular complexity index is 966. The van der Waals surface area contributed by atoms with Crippen LogP contribution < -0.4 is 9.47 Å². The van der Waals surface area contributed by atoms with Crippen molar-refractivity contribution >= 4 is 23.1 Å². The third-order valence-corrected chi connectivity index (χ3v) is 4.53. The van der Waals surface area contributed by atoms with Crippen molar-refractivity contribution in [1.29, 1.82) is 0 Å². The fourth-order valence-electron chi connectivity index (χ4n) is 2.45. The normalized spacial score (nSPS) is 12.1. The Balaban J connectivity index is 1.25. The second kappa shape index (κ2) is 7.58. The van der Waals surface area contributed by atoms with Gasteiger partial charge in [0.2, 0.25) is 18.5 Å². The molecule has 0 bridgehead atoms. The highest BCUT2D eigenvalue weighted by atomic mass is 32.1. The predicted molar refractivity (Wildman–Crippen MR) is 93.8 cm³/mol. The molecule has 0 amide bonds. The molecule has 138 valence electrons. The Morgan fingerprint density at radius 2 is 2.07 bits per heavy atom. The molecule has 3 aromatic rings. The molecule has 0 atom stereocenters. The largest absolute Gasteiger partial charge is 0.457 e. The van der Waals surface area contributed by atoms with Gasteiger partial charge in [-0.3, -0.25) is 9.59 Å². The maximum atomic E-state index is 12.1. The Hall–Kier alpha value is -3.20. The van der Waals surface area contributed by atoms with Crippen molar-refractivity contribution in [2.45, 2.75) is 12.8 Å². The SMILES string of the molecule is O=C(CCc1nc(-c2ccsc2)no1)OCC(=O)c1ccc2c(c1)OCO2. The summed E-state index contributed by atoms with van der Waals surface area (Å²) in [5.74, 6) is 1.08. The van der Waals surface area contributed by atoms with E-state index < -0.39 is 5.97 Å². The van der Waals surface area contributed by atoms with Crippen molar-refractivity contribution in [3.8, 4) is 22.9 Å². The van der Waals surface area contributed by atoms with Crippen LogP contribution in [0.25, 0.3) is 11.4 Å². The van der Waals surface area contributed by atoms with Gasteiger partial charge >= 0.3 is 5.97 Å². The number of hydrogen-bond donors (Lipinski definition) is 0. The van der Waals surface area contributed by atoms with Crippen LogP contribution in [0.5, 0.6) is 11.5 Å². The van der Waals surface area contributed by atoms with Crippen LogP contribution in [0, 0.1) is 0 Å². The van der Waals surface area contributed by atoms with E-state index in [2.05, 4.69) is 10.1 Å². The van der Waals surface area contributed by atoms with E-state index in [0.29, 0.717) is 28.8 Å². The van der Waals surface area contributed by atoms with Crippen LogP contribution in [-0.2, 0) is 16.0 Å². The number of Topliss-reactive ketones (excluding diaryl/α,β-unsaturated/α-hetero) is 1. The van der Waals surface area contributed by atoms with Gasteiger partial charge in [0.25, 0.3) is 0 Å². The van der Waals surface area contributed by atoms with Crippen molar-refractivity contribution in [2.75, 3.05) is 13.4 Å². The van der Waals surface area contributed by atoms with Gasteiger partial charge in [-0.1, -0.05) is 5.16 Å². The Morgan fingerprint density at radius 3 is 2.93 bits per heavy atom. The molecule has 8 nitrogen and oxygen atoms in total. The highest BCUT2D eigenvalue weighted by Crippen LogP contribution is 2.32. The van der Waals surface area contributed by atoms with E-state index >= 15 is 0 Å². The number of hydrogen-bond acceptors (Lipinski definition) is 9. The molecule has 1 aromatic carbocycles. The number of carbonyl (C=O) groups excluding carboxylic acids is 2. The molecule has 0 N–H and O–H groups in total. The molecule has 3 heterocycles. The molecule has 0 saturated heterocycles. The summed E-state index contributed by atoms with van der Waals surface area (Å²) in [7, 11) is 0. The lowest BCUT2D eigenvalue weighted by Gasteiger charge is -2.04. The lowest BCUT2D eigenvalue weighted by molar-refractivity contribution is -0.142. The molecule has 0 aliphatic carbocycles. The van der Waals surface area contributed by atoms with E-state index in [9.17, 15) is 9.59 Å². The molecule has 9 heteroatoms. The van der Waals surface area contributed by atoms with Gasteiger partial charge in [0.15, 0.2) is 23.9 Å². The summed E-state index contributed by atoms with van der Waals surface area (Å²) < 4.78 is 20.6. The van der Waals surface area contributed by atoms with Crippen molar-refractivity contribution in [2.24, 2.45) is 0 Å². The van der Waals surface area contributed by atoms with E-state index in [1.807, 2.05) is 16.8 Å². The van der Waals surface area contributed by atoms with E-state index in [1.54, 1.807) is 18.2 Å². The molecule has 1 aliphatic heterocycles. The van der Waals surface area contributed by atoms with Crippen LogP contribution in [0.1, 0.15) is 22.7 Å². The summed E-state index contributed by atoms with van der Waals surface area (Å²) in [4.78, 5) is 28.2. The van der Waals surface area contributed by atoms with Gasteiger partial charge in [0.05, 0.1) is 6.42 Å². The average Bonchev–Trinajstić information content (AvgIpc) is 3.44. The minimum atomic E-state index is -0.514. The quantitative estimate of drug-likeness (QED) is 0.451. The lowest BCUT2D eigenvalue weighted by atomic mass is 10.1. The number of benzene rings is 1. The van der Waals surface area contributed by atoms with E-state index in [1.165, 1.54) is 11.3 Å². The molecular formula is C18H14N2O6S. The zero-order chi connectivity index (χ0) is 18.6. The maximum absolute atomic E-state index is 12.1. The summed E-state index contributed by atoms with van der Waals surface area (Å²) in [6.07, 6.45) is 0.286.